The lowest BCUT2D eigenvalue weighted by atomic mass is 10.2. The molecule has 0 aromatic carbocycles. The van der Waals surface area contributed by atoms with Crippen molar-refractivity contribution >= 4 is 0 Å². The minimum atomic E-state index is 0.889. The molecule has 0 amide bonds. The van der Waals surface area contributed by atoms with E-state index < -0.39 is 0 Å². The van der Waals surface area contributed by atoms with Crippen molar-refractivity contribution in [1.29, 1.82) is 0 Å². The SMILES string of the molecule is CC[N+]1(CC)CCCCO1. The van der Waals surface area contributed by atoms with Gasteiger partial charge in [0.2, 0.25) is 0 Å². The summed E-state index contributed by atoms with van der Waals surface area (Å²) in [5.41, 5.74) is 0. The average molecular weight is 144 g/mol. The van der Waals surface area contributed by atoms with Gasteiger partial charge in [-0.1, -0.05) is 0 Å². The second-order valence-electron chi connectivity index (χ2n) is 2.95. The fraction of sp³-hybridized carbons (Fsp3) is 1.00. The van der Waals surface area contributed by atoms with Gasteiger partial charge in [-0.25, -0.2) is 4.84 Å². The Bertz CT molecular complexity index is 91.4. The molecule has 1 rings (SSSR count). The highest BCUT2D eigenvalue weighted by Gasteiger charge is 2.27. The maximum Gasteiger partial charge on any atom is 0.109 e. The Balaban J connectivity index is 2.44. The molecule has 0 aromatic heterocycles. The lowest BCUT2D eigenvalue weighted by molar-refractivity contribution is -1.11. The number of hydroxylamine groups is 3. The van der Waals surface area contributed by atoms with Gasteiger partial charge >= 0.3 is 0 Å². The second kappa shape index (κ2) is 3.35. The molecule has 1 fully saturated rings. The number of quaternary nitrogens is 1. The molecular weight excluding hydrogens is 126 g/mol. The van der Waals surface area contributed by atoms with Gasteiger partial charge in [0.25, 0.3) is 0 Å². The predicted octanol–water partition coefficient (Wildman–Crippen LogP) is 1.57. The van der Waals surface area contributed by atoms with Crippen molar-refractivity contribution in [2.45, 2.75) is 26.7 Å². The summed E-state index contributed by atoms with van der Waals surface area (Å²) < 4.78 is 0.889. The van der Waals surface area contributed by atoms with Gasteiger partial charge in [0.1, 0.15) is 26.2 Å². The topological polar surface area (TPSA) is 9.23 Å². The van der Waals surface area contributed by atoms with Crippen LogP contribution in [-0.2, 0) is 4.84 Å². The molecule has 1 aliphatic heterocycles. The van der Waals surface area contributed by atoms with Crippen LogP contribution in [0.5, 0.6) is 0 Å². The van der Waals surface area contributed by atoms with Crippen molar-refractivity contribution in [3.8, 4) is 0 Å². The van der Waals surface area contributed by atoms with E-state index in [4.69, 9.17) is 4.84 Å². The molecule has 0 saturated carbocycles. The monoisotopic (exact) mass is 144 g/mol. The smallest absolute Gasteiger partial charge is 0.109 e. The van der Waals surface area contributed by atoms with Crippen LogP contribution >= 0.6 is 0 Å². The Morgan fingerprint density at radius 2 is 1.90 bits per heavy atom. The van der Waals surface area contributed by atoms with E-state index >= 15 is 0 Å². The van der Waals surface area contributed by atoms with E-state index in [1.165, 1.54) is 19.4 Å². The second-order valence-corrected chi connectivity index (χ2v) is 2.95. The van der Waals surface area contributed by atoms with Crippen LogP contribution in [0.4, 0.5) is 0 Å². The number of rotatable bonds is 2. The Kier molecular flexibility index (Phi) is 2.69. The zero-order chi connectivity index (χ0) is 7.45. The molecule has 60 valence electrons. The van der Waals surface area contributed by atoms with E-state index in [2.05, 4.69) is 13.8 Å². The van der Waals surface area contributed by atoms with Crippen LogP contribution in [0.2, 0.25) is 0 Å². The minimum absolute atomic E-state index is 0.889. The van der Waals surface area contributed by atoms with Crippen molar-refractivity contribution in [3.05, 3.63) is 0 Å². The molecule has 0 aromatic rings. The summed E-state index contributed by atoms with van der Waals surface area (Å²) >= 11 is 0. The van der Waals surface area contributed by atoms with Gasteiger partial charge in [-0.3, -0.25) is 0 Å². The molecule has 0 N–H and O–H groups in total. The highest BCUT2D eigenvalue weighted by atomic mass is 16.7. The molecule has 1 heterocycles. The minimum Gasteiger partial charge on any atom is -0.203 e. The number of hydrogen-bond donors (Lipinski definition) is 0. The molecule has 2 nitrogen and oxygen atoms in total. The molecule has 10 heavy (non-hydrogen) atoms. The van der Waals surface area contributed by atoms with Crippen molar-refractivity contribution in [2.24, 2.45) is 0 Å². The summed E-state index contributed by atoms with van der Waals surface area (Å²) in [7, 11) is 0. The van der Waals surface area contributed by atoms with Gasteiger partial charge in [-0.2, -0.15) is 4.65 Å². The lowest BCUT2D eigenvalue weighted by Gasteiger charge is -2.36. The van der Waals surface area contributed by atoms with Crippen molar-refractivity contribution in [1.82, 2.24) is 0 Å². The van der Waals surface area contributed by atoms with E-state index in [1.54, 1.807) is 0 Å². The highest BCUT2D eigenvalue weighted by Crippen LogP contribution is 2.15. The van der Waals surface area contributed by atoms with E-state index in [0.717, 1.165) is 24.3 Å². The Labute approximate surface area is 63.3 Å². The van der Waals surface area contributed by atoms with Gasteiger partial charge in [0, 0.05) is 6.42 Å². The fourth-order valence-corrected chi connectivity index (χ4v) is 1.55. The van der Waals surface area contributed by atoms with Gasteiger partial charge in [0.05, 0.1) is 0 Å². The Hall–Kier alpha value is -0.0800. The summed E-state index contributed by atoms with van der Waals surface area (Å²) in [4.78, 5) is 5.70. The lowest BCUT2D eigenvalue weighted by Crippen LogP contribution is -2.50. The van der Waals surface area contributed by atoms with Crippen LogP contribution in [-0.4, -0.2) is 30.9 Å². The molecule has 1 aliphatic rings. The van der Waals surface area contributed by atoms with Crippen LogP contribution in [0.15, 0.2) is 0 Å². The maximum atomic E-state index is 5.70. The standard InChI is InChI=1S/C8H18NO/c1-3-9(4-2)7-5-6-8-10-9/h3-8H2,1-2H3/q+1. The van der Waals surface area contributed by atoms with Crippen molar-refractivity contribution in [3.63, 3.8) is 0 Å². The Morgan fingerprint density at radius 1 is 1.20 bits per heavy atom. The van der Waals surface area contributed by atoms with Gasteiger partial charge in [-0.05, 0) is 20.3 Å². The van der Waals surface area contributed by atoms with Crippen LogP contribution < -0.4 is 0 Å². The van der Waals surface area contributed by atoms with Crippen molar-refractivity contribution in [2.75, 3.05) is 26.2 Å². The third-order valence-corrected chi connectivity index (χ3v) is 2.48. The third-order valence-electron chi connectivity index (χ3n) is 2.48. The highest BCUT2D eigenvalue weighted by molar-refractivity contribution is 4.42. The first kappa shape index (κ1) is 8.02. The van der Waals surface area contributed by atoms with E-state index in [0.29, 0.717) is 0 Å². The molecule has 1 saturated heterocycles. The molecule has 0 bridgehead atoms. The molecule has 0 spiro atoms. The maximum absolute atomic E-state index is 5.70. The summed E-state index contributed by atoms with van der Waals surface area (Å²) in [5.74, 6) is 0. The Morgan fingerprint density at radius 3 is 2.20 bits per heavy atom. The molecule has 2 heteroatoms. The molecule has 0 radical (unpaired) electrons. The van der Waals surface area contributed by atoms with E-state index in [1.807, 2.05) is 0 Å². The van der Waals surface area contributed by atoms with Crippen LogP contribution in [0, 0.1) is 0 Å². The summed E-state index contributed by atoms with van der Waals surface area (Å²) in [5, 5.41) is 0. The normalized spacial score (nSPS) is 24.6. The first-order chi connectivity index (χ1) is 4.83. The zero-order valence-electron chi connectivity index (χ0n) is 7.10. The summed E-state index contributed by atoms with van der Waals surface area (Å²) in [6, 6.07) is 0. The average Bonchev–Trinajstić information content (AvgIpc) is 2.06. The van der Waals surface area contributed by atoms with Gasteiger partial charge in [-0.15, -0.1) is 0 Å². The first-order valence-corrected chi connectivity index (χ1v) is 4.33. The molecular formula is C8H18NO+. The molecule has 0 atom stereocenters. The quantitative estimate of drug-likeness (QED) is 0.534. The number of nitrogens with zero attached hydrogens (tertiary/aromatic N) is 1. The van der Waals surface area contributed by atoms with E-state index in [9.17, 15) is 0 Å². The van der Waals surface area contributed by atoms with Crippen LogP contribution in [0.25, 0.3) is 0 Å². The molecule has 0 unspecified atom stereocenters. The predicted molar refractivity (Wildman–Crippen MR) is 41.4 cm³/mol. The van der Waals surface area contributed by atoms with E-state index in [-0.39, 0.29) is 0 Å². The van der Waals surface area contributed by atoms with Crippen LogP contribution in [0.3, 0.4) is 0 Å². The summed E-state index contributed by atoms with van der Waals surface area (Å²) in [6.07, 6.45) is 2.58. The summed E-state index contributed by atoms with van der Waals surface area (Å²) in [6.45, 7) is 8.82. The molecule has 0 aliphatic carbocycles. The largest absolute Gasteiger partial charge is 0.203 e. The van der Waals surface area contributed by atoms with Crippen LogP contribution in [0.1, 0.15) is 26.7 Å². The zero-order valence-corrected chi connectivity index (χ0v) is 7.10. The third kappa shape index (κ3) is 1.50. The first-order valence-electron chi connectivity index (χ1n) is 4.33. The van der Waals surface area contributed by atoms with Crippen molar-refractivity contribution < 1.29 is 9.48 Å². The number of hydrogen-bond acceptors (Lipinski definition) is 1. The fourth-order valence-electron chi connectivity index (χ4n) is 1.55. The van der Waals surface area contributed by atoms with Gasteiger partial charge in [0.15, 0.2) is 0 Å². The van der Waals surface area contributed by atoms with Gasteiger partial charge < -0.3 is 0 Å².